The zero-order valence-electron chi connectivity index (χ0n) is 23.3. The first-order valence-corrected chi connectivity index (χ1v) is 13.7. The summed E-state index contributed by atoms with van der Waals surface area (Å²) < 4.78 is 29.3. The van der Waals surface area contributed by atoms with Crippen molar-refractivity contribution in [1.82, 2.24) is 20.3 Å². The minimum absolute atomic E-state index is 0.0681. The summed E-state index contributed by atoms with van der Waals surface area (Å²) in [4.78, 5) is 29.9. The van der Waals surface area contributed by atoms with Crippen LogP contribution in [0.5, 0.6) is 23.0 Å². The molecule has 218 valence electrons. The number of hydrogen-bond donors (Lipinski definition) is 1. The highest BCUT2D eigenvalue weighted by molar-refractivity contribution is 6.02. The first-order chi connectivity index (χ1) is 20.6. The number of fused-ring (bicyclic) bond motifs is 2. The summed E-state index contributed by atoms with van der Waals surface area (Å²) in [5.74, 6) is 1.17. The molecule has 0 bridgehead atoms. The number of carbonyl (C=O) groups excluding carboxylic acids is 2. The quantitative estimate of drug-likeness (QED) is 0.304. The monoisotopic (exact) mass is 573 g/mol. The van der Waals surface area contributed by atoms with E-state index in [1.165, 1.54) is 23.8 Å². The summed E-state index contributed by atoms with van der Waals surface area (Å²) in [5.41, 5.74) is 2.32. The third-order valence-electron chi connectivity index (χ3n) is 7.37. The lowest BCUT2D eigenvalue weighted by atomic mass is 10.0. The molecule has 2 aliphatic heterocycles. The summed E-state index contributed by atoms with van der Waals surface area (Å²) in [7, 11) is 3.05. The minimum Gasteiger partial charge on any atom is -0.493 e. The Hall–Kier alpha value is -4.84. The second-order valence-corrected chi connectivity index (χ2v) is 9.93. The summed E-state index contributed by atoms with van der Waals surface area (Å²) in [6, 6.07) is 16.6. The number of carbonyl (C=O) groups is 2. The maximum absolute atomic E-state index is 14.3. The molecule has 2 aliphatic rings. The van der Waals surface area contributed by atoms with Gasteiger partial charge in [0.15, 0.2) is 23.0 Å². The molecule has 2 amide bonds. The highest BCUT2D eigenvalue weighted by atomic mass is 16.7. The van der Waals surface area contributed by atoms with Crippen molar-refractivity contribution >= 4 is 28.5 Å². The zero-order chi connectivity index (χ0) is 29.1. The molecule has 1 fully saturated rings. The third kappa shape index (κ3) is 5.40. The lowest BCUT2D eigenvalue weighted by Gasteiger charge is -2.32. The number of ether oxygens (including phenoxy) is 5. The molecule has 1 saturated heterocycles. The number of anilines is 1. The van der Waals surface area contributed by atoms with E-state index in [9.17, 15) is 9.59 Å². The van der Waals surface area contributed by atoms with E-state index in [1.807, 2.05) is 24.3 Å². The van der Waals surface area contributed by atoms with Crippen LogP contribution < -0.4 is 29.2 Å². The molecular weight excluding hydrogens is 542 g/mol. The maximum atomic E-state index is 14.3. The minimum atomic E-state index is -1.09. The van der Waals surface area contributed by atoms with Crippen molar-refractivity contribution in [2.24, 2.45) is 0 Å². The van der Waals surface area contributed by atoms with Gasteiger partial charge in [-0.15, -0.1) is 5.10 Å². The molecule has 4 aromatic rings. The van der Waals surface area contributed by atoms with Crippen LogP contribution in [-0.4, -0.2) is 67.1 Å². The maximum Gasteiger partial charge on any atom is 0.249 e. The van der Waals surface area contributed by atoms with Gasteiger partial charge < -0.3 is 29.0 Å². The van der Waals surface area contributed by atoms with E-state index in [0.29, 0.717) is 58.4 Å². The van der Waals surface area contributed by atoms with E-state index in [-0.39, 0.29) is 25.3 Å². The van der Waals surface area contributed by atoms with Crippen molar-refractivity contribution in [3.63, 3.8) is 0 Å². The lowest BCUT2D eigenvalue weighted by Crippen LogP contribution is -2.46. The van der Waals surface area contributed by atoms with Gasteiger partial charge in [-0.05, 0) is 54.8 Å². The number of amides is 2. The molecule has 0 spiro atoms. The van der Waals surface area contributed by atoms with Gasteiger partial charge in [-0.25, -0.2) is 4.68 Å². The topological polar surface area (TPSA) is 126 Å². The van der Waals surface area contributed by atoms with Crippen LogP contribution in [0.1, 0.15) is 24.4 Å². The van der Waals surface area contributed by atoms with Gasteiger partial charge >= 0.3 is 0 Å². The van der Waals surface area contributed by atoms with Crippen LogP contribution in [-0.2, 0) is 20.9 Å². The highest BCUT2D eigenvalue weighted by Gasteiger charge is 2.35. The highest BCUT2D eigenvalue weighted by Crippen LogP contribution is 2.39. The van der Waals surface area contributed by atoms with Crippen molar-refractivity contribution in [1.29, 1.82) is 0 Å². The molecule has 2 unspecified atom stereocenters. The summed E-state index contributed by atoms with van der Waals surface area (Å²) in [6.07, 6.45) is 1.70. The van der Waals surface area contributed by atoms with Crippen LogP contribution in [0.4, 0.5) is 5.69 Å². The number of aromatic nitrogens is 3. The van der Waals surface area contributed by atoms with Gasteiger partial charge in [0.05, 0.1) is 25.8 Å². The van der Waals surface area contributed by atoms with E-state index >= 15 is 0 Å². The van der Waals surface area contributed by atoms with Crippen LogP contribution in [0.2, 0.25) is 0 Å². The fraction of sp³-hybridized carbons (Fsp3) is 0.333. The SMILES string of the molecule is COc1ccc(C(C(=O)NCC2CCCO2)N(C(=O)Cn2nnc3ccccc32)c2ccc3c(c2)OCO3)cc1OC. The molecule has 1 N–H and O–H groups in total. The second kappa shape index (κ2) is 12.0. The van der Waals surface area contributed by atoms with Gasteiger partial charge in [0.1, 0.15) is 18.1 Å². The number of rotatable bonds is 10. The summed E-state index contributed by atoms with van der Waals surface area (Å²) in [5, 5.41) is 11.4. The Morgan fingerprint density at radius 3 is 2.69 bits per heavy atom. The molecule has 2 atom stereocenters. The molecule has 42 heavy (non-hydrogen) atoms. The number of para-hydroxylation sites is 1. The molecule has 3 aromatic carbocycles. The van der Waals surface area contributed by atoms with Crippen LogP contribution in [0.15, 0.2) is 60.7 Å². The van der Waals surface area contributed by atoms with Gasteiger partial charge in [-0.1, -0.05) is 23.4 Å². The fourth-order valence-electron chi connectivity index (χ4n) is 5.27. The second-order valence-electron chi connectivity index (χ2n) is 9.93. The standard InChI is InChI=1S/C30H31N5O7/c1-38-24-11-9-19(14-26(24)39-2)29(30(37)31-16-21-6-5-13-40-21)35(20-10-12-25-27(15-20)42-18-41-25)28(36)17-34-23-8-4-3-7-22(23)32-33-34/h3-4,7-12,14-15,21,29H,5-6,13,16-18H2,1-2H3,(H,31,37). The van der Waals surface area contributed by atoms with Crippen molar-refractivity contribution in [2.45, 2.75) is 31.5 Å². The third-order valence-corrected chi connectivity index (χ3v) is 7.37. The predicted octanol–water partition coefficient (Wildman–Crippen LogP) is 3.25. The van der Waals surface area contributed by atoms with E-state index in [0.717, 1.165) is 12.8 Å². The van der Waals surface area contributed by atoms with E-state index in [2.05, 4.69) is 15.6 Å². The molecule has 12 nitrogen and oxygen atoms in total. The fourth-order valence-corrected chi connectivity index (χ4v) is 5.27. The molecule has 0 radical (unpaired) electrons. The van der Waals surface area contributed by atoms with Crippen molar-refractivity contribution in [2.75, 3.05) is 39.1 Å². The molecule has 12 heteroatoms. The number of nitrogens with one attached hydrogen (secondary N) is 1. The van der Waals surface area contributed by atoms with Gasteiger partial charge in [0.2, 0.25) is 18.6 Å². The average Bonchev–Trinajstić information content (AvgIpc) is 3.80. The first kappa shape index (κ1) is 27.3. The van der Waals surface area contributed by atoms with Crippen molar-refractivity contribution in [3.8, 4) is 23.0 Å². The Labute approximate surface area is 242 Å². The normalized spacial score (nSPS) is 16.3. The number of methoxy groups -OCH3 is 2. The molecule has 1 aromatic heterocycles. The van der Waals surface area contributed by atoms with Gasteiger partial charge in [0.25, 0.3) is 0 Å². The van der Waals surface area contributed by atoms with Gasteiger partial charge in [-0.3, -0.25) is 14.5 Å². The summed E-state index contributed by atoms with van der Waals surface area (Å²) in [6.45, 7) is 0.878. The molecule has 0 saturated carbocycles. The van der Waals surface area contributed by atoms with Crippen LogP contribution in [0.25, 0.3) is 11.0 Å². The van der Waals surface area contributed by atoms with E-state index in [1.54, 1.807) is 36.4 Å². The van der Waals surface area contributed by atoms with Crippen LogP contribution in [0.3, 0.4) is 0 Å². The largest absolute Gasteiger partial charge is 0.493 e. The van der Waals surface area contributed by atoms with Gasteiger partial charge in [-0.2, -0.15) is 0 Å². The lowest BCUT2D eigenvalue weighted by molar-refractivity contribution is -0.127. The van der Waals surface area contributed by atoms with Crippen molar-refractivity contribution < 1.29 is 33.3 Å². The van der Waals surface area contributed by atoms with Gasteiger partial charge in [0, 0.05) is 24.9 Å². The Kier molecular flexibility index (Phi) is 7.78. The number of hydrogen-bond acceptors (Lipinski definition) is 9. The van der Waals surface area contributed by atoms with Crippen molar-refractivity contribution in [3.05, 3.63) is 66.2 Å². The Bertz CT molecular complexity index is 1600. The molecule has 0 aliphatic carbocycles. The predicted molar refractivity (Wildman–Crippen MR) is 152 cm³/mol. The van der Waals surface area contributed by atoms with Crippen LogP contribution in [0, 0.1) is 0 Å². The smallest absolute Gasteiger partial charge is 0.249 e. The Morgan fingerprint density at radius 2 is 1.88 bits per heavy atom. The molecular formula is C30H31N5O7. The summed E-state index contributed by atoms with van der Waals surface area (Å²) >= 11 is 0. The van der Waals surface area contributed by atoms with Crippen LogP contribution >= 0.6 is 0 Å². The molecule has 3 heterocycles. The number of nitrogens with zero attached hydrogens (tertiary/aromatic N) is 4. The zero-order valence-corrected chi connectivity index (χ0v) is 23.3. The van der Waals surface area contributed by atoms with E-state index in [4.69, 9.17) is 23.7 Å². The average molecular weight is 574 g/mol. The van der Waals surface area contributed by atoms with E-state index < -0.39 is 11.9 Å². The molecule has 6 rings (SSSR count). The Morgan fingerprint density at radius 1 is 1.05 bits per heavy atom. The number of benzene rings is 3. The Balaban J connectivity index is 1.43. The first-order valence-electron chi connectivity index (χ1n) is 13.7.